The van der Waals surface area contributed by atoms with Gasteiger partial charge in [-0.25, -0.2) is 14.3 Å². The van der Waals surface area contributed by atoms with Crippen molar-refractivity contribution >= 4 is 41.0 Å². The molecule has 2 aromatic heterocycles. The molecule has 9 heteroatoms. The van der Waals surface area contributed by atoms with Crippen LogP contribution in [0, 0.1) is 0 Å². The summed E-state index contributed by atoms with van der Waals surface area (Å²) in [6, 6.07) is 3.77. The first-order valence-electron chi connectivity index (χ1n) is 6.15. The number of imidazole rings is 1. The molecule has 2 aromatic rings. The fraction of sp³-hybridized carbons (Fsp3) is 0.333. The SMILES string of the molecule is O=C(CCl)NC(=O)OCCCSc1ccc2nccn2n1. The lowest BCUT2D eigenvalue weighted by atomic mass is 10.5. The van der Waals surface area contributed by atoms with Gasteiger partial charge in [0.15, 0.2) is 5.65 Å². The van der Waals surface area contributed by atoms with Gasteiger partial charge >= 0.3 is 6.09 Å². The third kappa shape index (κ3) is 4.91. The molecule has 0 aliphatic heterocycles. The van der Waals surface area contributed by atoms with E-state index in [1.165, 1.54) is 0 Å². The number of hydrogen-bond acceptors (Lipinski definition) is 6. The van der Waals surface area contributed by atoms with Crippen LogP contribution in [0.4, 0.5) is 4.79 Å². The number of halogens is 1. The second-order valence-corrected chi connectivity index (χ2v) is 5.30. The van der Waals surface area contributed by atoms with Crippen molar-refractivity contribution in [3.8, 4) is 0 Å². The molecular formula is C12H13ClN4O3S. The highest BCUT2D eigenvalue weighted by Gasteiger charge is 2.07. The molecule has 0 aliphatic rings. The molecule has 0 atom stereocenters. The Kier molecular flexibility index (Phi) is 5.82. The van der Waals surface area contributed by atoms with Gasteiger partial charge in [0.25, 0.3) is 0 Å². The van der Waals surface area contributed by atoms with Gasteiger partial charge in [-0.15, -0.1) is 23.4 Å². The molecule has 0 unspecified atom stereocenters. The number of ether oxygens (including phenoxy) is 1. The van der Waals surface area contributed by atoms with Crippen LogP contribution in [0.25, 0.3) is 5.65 Å². The zero-order valence-electron chi connectivity index (χ0n) is 11.0. The standard InChI is InChI=1S/C12H13ClN4O3S/c13-8-10(18)15-12(19)20-6-1-7-21-11-3-2-9-14-4-5-17(9)16-11/h2-5H,1,6-8H2,(H,15,18,19). The van der Waals surface area contributed by atoms with Crippen molar-refractivity contribution in [2.75, 3.05) is 18.2 Å². The van der Waals surface area contributed by atoms with E-state index in [0.29, 0.717) is 6.42 Å². The summed E-state index contributed by atoms with van der Waals surface area (Å²) in [7, 11) is 0. The molecule has 21 heavy (non-hydrogen) atoms. The molecule has 0 fully saturated rings. The summed E-state index contributed by atoms with van der Waals surface area (Å²) >= 11 is 6.79. The number of rotatable bonds is 6. The van der Waals surface area contributed by atoms with Crippen molar-refractivity contribution in [2.24, 2.45) is 0 Å². The maximum atomic E-state index is 11.1. The number of nitrogens with one attached hydrogen (secondary N) is 1. The minimum atomic E-state index is -0.774. The summed E-state index contributed by atoms with van der Waals surface area (Å²) in [6.07, 6.45) is 3.34. The number of aromatic nitrogens is 3. The van der Waals surface area contributed by atoms with Gasteiger partial charge in [-0.05, 0) is 18.6 Å². The number of fused-ring (bicyclic) bond motifs is 1. The van der Waals surface area contributed by atoms with Gasteiger partial charge in [-0.1, -0.05) is 0 Å². The summed E-state index contributed by atoms with van der Waals surface area (Å²) < 4.78 is 6.53. The van der Waals surface area contributed by atoms with Crippen LogP contribution in [0.15, 0.2) is 29.6 Å². The van der Waals surface area contributed by atoms with Crippen LogP contribution in [0.3, 0.4) is 0 Å². The van der Waals surface area contributed by atoms with Crippen molar-refractivity contribution < 1.29 is 14.3 Å². The average molecular weight is 329 g/mol. The molecule has 2 rings (SSSR count). The molecule has 0 saturated heterocycles. The predicted octanol–water partition coefficient (Wildman–Crippen LogP) is 1.70. The monoisotopic (exact) mass is 328 g/mol. The Hall–Kier alpha value is -1.80. The van der Waals surface area contributed by atoms with E-state index in [-0.39, 0.29) is 12.5 Å². The number of nitrogens with zero attached hydrogens (tertiary/aromatic N) is 3. The van der Waals surface area contributed by atoms with E-state index in [1.54, 1.807) is 28.7 Å². The van der Waals surface area contributed by atoms with Crippen molar-refractivity contribution in [3.63, 3.8) is 0 Å². The Morgan fingerprint density at radius 3 is 3.10 bits per heavy atom. The fourth-order valence-corrected chi connectivity index (χ4v) is 2.31. The van der Waals surface area contributed by atoms with Gasteiger partial charge in [0.05, 0.1) is 6.61 Å². The Morgan fingerprint density at radius 1 is 1.43 bits per heavy atom. The van der Waals surface area contributed by atoms with E-state index in [1.807, 2.05) is 17.4 Å². The molecule has 0 radical (unpaired) electrons. The second kappa shape index (κ2) is 7.84. The van der Waals surface area contributed by atoms with Gasteiger partial charge in [0.1, 0.15) is 10.9 Å². The first-order valence-corrected chi connectivity index (χ1v) is 7.67. The minimum absolute atomic E-state index is 0.224. The predicted molar refractivity (Wildman–Crippen MR) is 78.5 cm³/mol. The summed E-state index contributed by atoms with van der Waals surface area (Å²) in [4.78, 5) is 26.0. The Morgan fingerprint density at radius 2 is 2.29 bits per heavy atom. The van der Waals surface area contributed by atoms with E-state index in [0.717, 1.165) is 16.4 Å². The lowest BCUT2D eigenvalue weighted by Gasteiger charge is -2.05. The smallest absolute Gasteiger partial charge is 0.413 e. The van der Waals surface area contributed by atoms with Crippen LogP contribution in [0.2, 0.25) is 0 Å². The number of carbonyl (C=O) groups is 2. The highest BCUT2D eigenvalue weighted by Crippen LogP contribution is 2.16. The average Bonchev–Trinajstić information content (AvgIpc) is 2.94. The molecule has 0 aromatic carbocycles. The lowest BCUT2D eigenvalue weighted by Crippen LogP contribution is -2.32. The Balaban J connectivity index is 1.65. The number of thioether (sulfide) groups is 1. The van der Waals surface area contributed by atoms with Crippen LogP contribution in [-0.2, 0) is 9.53 Å². The van der Waals surface area contributed by atoms with Crippen LogP contribution in [0.5, 0.6) is 0 Å². The van der Waals surface area contributed by atoms with Gasteiger partial charge in [0, 0.05) is 18.1 Å². The van der Waals surface area contributed by atoms with E-state index < -0.39 is 12.0 Å². The molecule has 0 aliphatic carbocycles. The molecule has 0 spiro atoms. The summed E-state index contributed by atoms with van der Waals surface area (Å²) in [5.41, 5.74) is 0.795. The Bertz CT molecular complexity index is 634. The van der Waals surface area contributed by atoms with Crippen molar-refractivity contribution in [1.82, 2.24) is 19.9 Å². The molecule has 0 saturated carbocycles. The molecule has 2 heterocycles. The molecule has 2 amide bonds. The van der Waals surface area contributed by atoms with E-state index in [2.05, 4.69) is 10.1 Å². The van der Waals surface area contributed by atoms with Gasteiger partial charge in [-0.3, -0.25) is 10.1 Å². The molecule has 1 N–H and O–H groups in total. The zero-order valence-corrected chi connectivity index (χ0v) is 12.6. The van der Waals surface area contributed by atoms with Gasteiger partial charge in [-0.2, -0.15) is 5.10 Å². The molecule has 112 valence electrons. The van der Waals surface area contributed by atoms with E-state index in [4.69, 9.17) is 16.3 Å². The van der Waals surface area contributed by atoms with Crippen molar-refractivity contribution in [3.05, 3.63) is 24.5 Å². The second-order valence-electron chi connectivity index (χ2n) is 3.92. The quantitative estimate of drug-likeness (QED) is 0.493. The largest absolute Gasteiger partial charge is 0.449 e. The highest BCUT2D eigenvalue weighted by atomic mass is 35.5. The molecule has 7 nitrogen and oxygen atoms in total. The third-order valence-electron chi connectivity index (χ3n) is 2.37. The topological polar surface area (TPSA) is 85.6 Å². The molecule has 0 bridgehead atoms. The van der Waals surface area contributed by atoms with E-state index >= 15 is 0 Å². The number of alkyl carbamates (subject to hydrolysis) is 1. The van der Waals surface area contributed by atoms with Crippen LogP contribution < -0.4 is 5.32 Å². The van der Waals surface area contributed by atoms with Gasteiger partial charge < -0.3 is 4.74 Å². The van der Waals surface area contributed by atoms with Gasteiger partial charge in [0.2, 0.25) is 5.91 Å². The Labute approximate surface area is 130 Å². The minimum Gasteiger partial charge on any atom is -0.449 e. The van der Waals surface area contributed by atoms with Crippen LogP contribution in [-0.4, -0.2) is 44.8 Å². The van der Waals surface area contributed by atoms with Crippen molar-refractivity contribution in [2.45, 2.75) is 11.4 Å². The number of carbonyl (C=O) groups excluding carboxylic acids is 2. The number of amides is 2. The summed E-state index contributed by atoms with van der Waals surface area (Å²) in [5, 5.41) is 7.21. The first-order chi connectivity index (χ1) is 10.2. The fourth-order valence-electron chi connectivity index (χ4n) is 1.46. The number of imide groups is 1. The number of alkyl halides is 1. The zero-order chi connectivity index (χ0) is 15.1. The summed E-state index contributed by atoms with van der Waals surface area (Å²) in [5.74, 6) is -0.106. The third-order valence-corrected chi connectivity index (χ3v) is 3.61. The van der Waals surface area contributed by atoms with E-state index in [9.17, 15) is 9.59 Å². The van der Waals surface area contributed by atoms with Crippen molar-refractivity contribution in [1.29, 1.82) is 0 Å². The summed E-state index contributed by atoms with van der Waals surface area (Å²) in [6.45, 7) is 0.224. The first kappa shape index (κ1) is 15.6. The molecular weight excluding hydrogens is 316 g/mol. The maximum Gasteiger partial charge on any atom is 0.413 e. The number of hydrogen-bond donors (Lipinski definition) is 1. The lowest BCUT2D eigenvalue weighted by molar-refractivity contribution is -0.118. The maximum absolute atomic E-state index is 11.1. The van der Waals surface area contributed by atoms with Crippen LogP contribution >= 0.6 is 23.4 Å². The van der Waals surface area contributed by atoms with Crippen LogP contribution in [0.1, 0.15) is 6.42 Å². The normalized spacial score (nSPS) is 10.5. The highest BCUT2D eigenvalue weighted by molar-refractivity contribution is 7.99.